The lowest BCUT2D eigenvalue weighted by atomic mass is 10.2. The highest BCUT2D eigenvalue weighted by atomic mass is 32.2. The van der Waals surface area contributed by atoms with E-state index >= 15 is 0 Å². The SMILES string of the molecule is [C-]#[N+]c1cc(OC)c(CS(=O)(=O)c2c[nH]c3cc(OC)ccc23)cc1F. The maximum atomic E-state index is 13.9. The topological polar surface area (TPSA) is 72.8 Å². The molecule has 0 saturated carbocycles. The minimum absolute atomic E-state index is 0.104. The third kappa shape index (κ3) is 3.09. The number of sulfone groups is 1. The molecule has 2 aromatic carbocycles. The molecule has 0 fully saturated rings. The molecule has 1 heterocycles. The van der Waals surface area contributed by atoms with Gasteiger partial charge in [-0.05, 0) is 24.3 Å². The van der Waals surface area contributed by atoms with E-state index in [4.69, 9.17) is 16.0 Å². The molecule has 8 heteroatoms. The van der Waals surface area contributed by atoms with E-state index in [1.807, 2.05) is 0 Å². The molecular weight excluding hydrogens is 359 g/mol. The number of hydrogen-bond acceptors (Lipinski definition) is 4. The number of aromatic nitrogens is 1. The van der Waals surface area contributed by atoms with Gasteiger partial charge in [0, 0.05) is 23.2 Å². The highest BCUT2D eigenvalue weighted by molar-refractivity contribution is 7.90. The van der Waals surface area contributed by atoms with Gasteiger partial charge in [0.15, 0.2) is 9.84 Å². The number of aromatic amines is 1. The van der Waals surface area contributed by atoms with E-state index in [1.54, 1.807) is 18.2 Å². The fourth-order valence-corrected chi connectivity index (χ4v) is 4.26. The van der Waals surface area contributed by atoms with Crippen LogP contribution in [-0.4, -0.2) is 27.6 Å². The summed E-state index contributed by atoms with van der Waals surface area (Å²) in [7, 11) is -0.916. The molecule has 0 saturated heterocycles. The number of hydrogen-bond donors (Lipinski definition) is 1. The third-order valence-corrected chi connectivity index (χ3v) is 5.70. The third-order valence-electron chi connectivity index (χ3n) is 4.00. The van der Waals surface area contributed by atoms with Gasteiger partial charge in [-0.1, -0.05) is 0 Å². The van der Waals surface area contributed by atoms with Gasteiger partial charge in [-0.15, -0.1) is 0 Å². The van der Waals surface area contributed by atoms with Crippen LogP contribution in [0.5, 0.6) is 11.5 Å². The van der Waals surface area contributed by atoms with Crippen molar-refractivity contribution in [3.8, 4) is 11.5 Å². The zero-order valence-corrected chi connectivity index (χ0v) is 14.9. The maximum absolute atomic E-state index is 13.9. The quantitative estimate of drug-likeness (QED) is 0.689. The normalized spacial score (nSPS) is 11.3. The van der Waals surface area contributed by atoms with E-state index in [9.17, 15) is 12.8 Å². The van der Waals surface area contributed by atoms with Gasteiger partial charge in [0.25, 0.3) is 0 Å². The first kappa shape index (κ1) is 17.8. The van der Waals surface area contributed by atoms with Crippen molar-refractivity contribution in [2.24, 2.45) is 0 Å². The Bertz CT molecular complexity index is 1130. The lowest BCUT2D eigenvalue weighted by Gasteiger charge is -2.10. The molecule has 0 radical (unpaired) electrons. The fourth-order valence-electron chi connectivity index (χ4n) is 2.72. The number of ether oxygens (including phenoxy) is 2. The second-order valence-corrected chi connectivity index (χ2v) is 7.51. The molecular formula is C18H15FN2O4S. The van der Waals surface area contributed by atoms with E-state index in [2.05, 4.69) is 9.83 Å². The van der Waals surface area contributed by atoms with Crippen LogP contribution in [0.25, 0.3) is 15.7 Å². The highest BCUT2D eigenvalue weighted by Gasteiger charge is 2.23. The molecule has 3 aromatic rings. The van der Waals surface area contributed by atoms with Crippen molar-refractivity contribution in [1.82, 2.24) is 4.98 Å². The van der Waals surface area contributed by atoms with Crippen LogP contribution in [0.4, 0.5) is 10.1 Å². The van der Waals surface area contributed by atoms with Crippen LogP contribution in [0, 0.1) is 12.4 Å². The standard InChI is InChI=1S/C18H15FN2O4S/c1-20-16-8-17(25-3)11(6-14(16)19)10-26(22,23)18-9-21-15-7-12(24-2)4-5-13(15)18/h4-9,21H,10H2,2-3H3. The van der Waals surface area contributed by atoms with Crippen molar-refractivity contribution in [3.05, 3.63) is 59.3 Å². The highest BCUT2D eigenvalue weighted by Crippen LogP contribution is 2.33. The van der Waals surface area contributed by atoms with Gasteiger partial charge < -0.3 is 14.5 Å². The molecule has 0 aliphatic carbocycles. The summed E-state index contributed by atoms with van der Waals surface area (Å²) in [6, 6.07) is 7.24. The Kier molecular flexibility index (Phi) is 4.57. The number of methoxy groups -OCH3 is 2. The molecule has 26 heavy (non-hydrogen) atoms. The minimum Gasteiger partial charge on any atom is -0.498 e. The first-order valence-corrected chi connectivity index (χ1v) is 9.16. The summed E-state index contributed by atoms with van der Waals surface area (Å²) in [6.07, 6.45) is 1.40. The molecule has 1 N–H and O–H groups in total. The Morgan fingerprint density at radius 2 is 1.96 bits per heavy atom. The molecule has 0 atom stereocenters. The predicted molar refractivity (Wildman–Crippen MR) is 95.0 cm³/mol. The Morgan fingerprint density at radius 1 is 1.19 bits per heavy atom. The van der Waals surface area contributed by atoms with Crippen LogP contribution in [0.1, 0.15) is 5.56 Å². The second-order valence-electron chi connectivity index (χ2n) is 5.55. The molecule has 0 spiro atoms. The number of benzene rings is 2. The number of halogens is 1. The van der Waals surface area contributed by atoms with Gasteiger partial charge in [0.2, 0.25) is 5.69 Å². The molecule has 6 nitrogen and oxygen atoms in total. The molecule has 0 aliphatic heterocycles. The Hall–Kier alpha value is -3.05. The van der Waals surface area contributed by atoms with E-state index in [-0.39, 0.29) is 21.9 Å². The van der Waals surface area contributed by atoms with Crippen molar-refractivity contribution in [1.29, 1.82) is 0 Å². The van der Waals surface area contributed by atoms with Gasteiger partial charge >= 0.3 is 0 Å². The Balaban J connectivity index is 2.05. The summed E-state index contributed by atoms with van der Waals surface area (Å²) in [5.41, 5.74) is 0.548. The van der Waals surface area contributed by atoms with E-state index in [0.29, 0.717) is 16.7 Å². The van der Waals surface area contributed by atoms with Gasteiger partial charge in [0.05, 0.1) is 37.0 Å². The summed E-state index contributed by atoms with van der Waals surface area (Å²) >= 11 is 0. The van der Waals surface area contributed by atoms with Crippen LogP contribution >= 0.6 is 0 Å². The van der Waals surface area contributed by atoms with Gasteiger partial charge in [-0.2, -0.15) is 0 Å². The van der Waals surface area contributed by atoms with Crippen LogP contribution in [-0.2, 0) is 15.6 Å². The first-order valence-electron chi connectivity index (χ1n) is 7.51. The lowest BCUT2D eigenvalue weighted by Crippen LogP contribution is -2.06. The summed E-state index contributed by atoms with van der Waals surface area (Å²) in [5, 5.41) is 0.517. The van der Waals surface area contributed by atoms with Crippen LogP contribution in [0.3, 0.4) is 0 Å². The van der Waals surface area contributed by atoms with Gasteiger partial charge in [-0.25, -0.2) is 17.7 Å². The molecule has 0 aliphatic rings. The number of nitrogens with one attached hydrogen (secondary N) is 1. The molecule has 3 rings (SSSR count). The van der Waals surface area contributed by atoms with Crippen molar-refractivity contribution in [3.63, 3.8) is 0 Å². The average Bonchev–Trinajstić information content (AvgIpc) is 3.05. The Labute approximate surface area is 149 Å². The maximum Gasteiger partial charge on any atom is 0.225 e. The molecule has 134 valence electrons. The van der Waals surface area contributed by atoms with E-state index in [1.165, 1.54) is 26.5 Å². The molecule has 0 amide bonds. The van der Waals surface area contributed by atoms with Crippen molar-refractivity contribution < 1.29 is 22.3 Å². The molecule has 1 aromatic heterocycles. The van der Waals surface area contributed by atoms with Crippen molar-refractivity contribution in [2.45, 2.75) is 10.6 Å². The molecule has 0 unspecified atom stereocenters. The monoisotopic (exact) mass is 374 g/mol. The first-order chi connectivity index (χ1) is 12.4. The van der Waals surface area contributed by atoms with Crippen LogP contribution in [0.15, 0.2) is 41.4 Å². The number of fused-ring (bicyclic) bond motifs is 1. The van der Waals surface area contributed by atoms with Crippen molar-refractivity contribution in [2.75, 3.05) is 14.2 Å². The summed E-state index contributed by atoms with van der Waals surface area (Å²) in [4.78, 5) is 6.06. The number of nitrogens with zero attached hydrogens (tertiary/aromatic N) is 1. The molecule has 0 bridgehead atoms. The van der Waals surface area contributed by atoms with E-state index in [0.717, 1.165) is 6.07 Å². The Morgan fingerprint density at radius 3 is 2.62 bits per heavy atom. The number of rotatable bonds is 5. The number of H-pyrrole nitrogens is 1. The lowest BCUT2D eigenvalue weighted by molar-refractivity contribution is 0.410. The van der Waals surface area contributed by atoms with Gasteiger partial charge in [0.1, 0.15) is 17.3 Å². The summed E-state index contributed by atoms with van der Waals surface area (Å²) < 4.78 is 49.9. The average molecular weight is 374 g/mol. The second kappa shape index (κ2) is 6.69. The fraction of sp³-hybridized carbons (Fsp3) is 0.167. The predicted octanol–water partition coefficient (Wildman–Crippen LogP) is 3.85. The summed E-state index contributed by atoms with van der Waals surface area (Å²) in [6.45, 7) is 6.94. The zero-order chi connectivity index (χ0) is 18.9. The smallest absolute Gasteiger partial charge is 0.225 e. The van der Waals surface area contributed by atoms with E-state index < -0.39 is 21.4 Å². The zero-order valence-electron chi connectivity index (χ0n) is 14.0. The van der Waals surface area contributed by atoms with Crippen molar-refractivity contribution >= 4 is 26.4 Å². The summed E-state index contributed by atoms with van der Waals surface area (Å²) in [5.74, 6) is -0.483. The minimum atomic E-state index is -3.78. The largest absolute Gasteiger partial charge is 0.498 e. The van der Waals surface area contributed by atoms with Crippen LogP contribution < -0.4 is 9.47 Å². The van der Waals surface area contributed by atoms with Gasteiger partial charge in [-0.3, -0.25) is 0 Å². The van der Waals surface area contributed by atoms with Crippen LogP contribution in [0.2, 0.25) is 0 Å².